The molecule has 0 bridgehead atoms. The fourth-order valence-electron chi connectivity index (χ4n) is 7.84. The van der Waals surface area contributed by atoms with Gasteiger partial charge in [-0.1, -0.05) is 152 Å². The SMILES string of the molecule is c1ccc(-c2cc(-c3ccccc3)cc(N(c3ccc(-c4cc5ccccc5c5ccccc45)cc3)c3ccccc3-c3cc4ccccc4o3)c2)cc1. The molecule has 0 N–H and O–H groups in total. The van der Waals surface area contributed by atoms with Crippen molar-refractivity contribution in [3.8, 4) is 44.7 Å². The molecule has 10 aromatic rings. The molecule has 2 nitrogen and oxygen atoms in total. The Morgan fingerprint density at radius 1 is 0.315 bits per heavy atom. The number of nitrogens with zero attached hydrogens (tertiary/aromatic N) is 1. The number of hydrogen-bond donors (Lipinski definition) is 0. The zero-order valence-corrected chi connectivity index (χ0v) is 29.6. The van der Waals surface area contributed by atoms with Crippen LogP contribution in [0.25, 0.3) is 77.2 Å². The second kappa shape index (κ2) is 13.4. The molecule has 9 aromatic carbocycles. The van der Waals surface area contributed by atoms with Gasteiger partial charge in [0.25, 0.3) is 0 Å². The molecule has 10 rings (SSSR count). The first kappa shape index (κ1) is 31.6. The lowest BCUT2D eigenvalue weighted by Gasteiger charge is -2.28. The quantitative estimate of drug-likeness (QED) is 0.155. The Bertz CT molecular complexity index is 2830. The van der Waals surface area contributed by atoms with E-state index in [1.54, 1.807) is 0 Å². The van der Waals surface area contributed by atoms with Gasteiger partial charge in [-0.15, -0.1) is 0 Å². The second-order valence-corrected chi connectivity index (χ2v) is 13.7. The molecule has 254 valence electrons. The van der Waals surface area contributed by atoms with Crippen LogP contribution in [0.15, 0.2) is 217 Å². The molecular weight excluding hydrogens is 655 g/mol. The Hall–Kier alpha value is -7.16. The van der Waals surface area contributed by atoms with Crippen LogP contribution in [0.1, 0.15) is 0 Å². The number of benzene rings is 9. The van der Waals surface area contributed by atoms with Crippen LogP contribution in [0, 0.1) is 0 Å². The lowest BCUT2D eigenvalue weighted by molar-refractivity contribution is 0.631. The highest BCUT2D eigenvalue weighted by Crippen LogP contribution is 2.45. The predicted octanol–water partition coefficient (Wildman–Crippen LogP) is 14.9. The van der Waals surface area contributed by atoms with E-state index in [4.69, 9.17) is 4.42 Å². The molecule has 0 unspecified atom stereocenters. The monoisotopic (exact) mass is 689 g/mol. The number of fused-ring (bicyclic) bond motifs is 4. The van der Waals surface area contributed by atoms with Gasteiger partial charge in [0.15, 0.2) is 0 Å². The maximum absolute atomic E-state index is 6.53. The normalized spacial score (nSPS) is 11.3. The Balaban J connectivity index is 1.19. The number of hydrogen-bond acceptors (Lipinski definition) is 2. The highest BCUT2D eigenvalue weighted by Gasteiger charge is 2.21. The topological polar surface area (TPSA) is 16.4 Å². The molecule has 0 aliphatic rings. The molecule has 0 fully saturated rings. The van der Waals surface area contributed by atoms with E-state index in [1.165, 1.54) is 43.8 Å². The molecule has 0 aliphatic heterocycles. The van der Waals surface area contributed by atoms with E-state index in [0.29, 0.717) is 0 Å². The van der Waals surface area contributed by atoms with Gasteiger partial charge in [-0.25, -0.2) is 0 Å². The van der Waals surface area contributed by atoms with Gasteiger partial charge >= 0.3 is 0 Å². The van der Waals surface area contributed by atoms with Crippen molar-refractivity contribution in [1.82, 2.24) is 0 Å². The molecule has 1 aromatic heterocycles. The lowest BCUT2D eigenvalue weighted by Crippen LogP contribution is -2.11. The summed E-state index contributed by atoms with van der Waals surface area (Å²) in [4.78, 5) is 2.38. The van der Waals surface area contributed by atoms with E-state index in [-0.39, 0.29) is 0 Å². The van der Waals surface area contributed by atoms with Crippen molar-refractivity contribution in [3.63, 3.8) is 0 Å². The maximum Gasteiger partial charge on any atom is 0.137 e. The van der Waals surface area contributed by atoms with Crippen molar-refractivity contribution in [2.45, 2.75) is 0 Å². The first-order valence-corrected chi connectivity index (χ1v) is 18.4. The van der Waals surface area contributed by atoms with Gasteiger partial charge in [0.05, 0.1) is 5.69 Å². The first-order chi connectivity index (χ1) is 26.8. The van der Waals surface area contributed by atoms with Crippen molar-refractivity contribution >= 4 is 49.6 Å². The number of furan rings is 1. The van der Waals surface area contributed by atoms with Crippen molar-refractivity contribution < 1.29 is 4.42 Å². The fraction of sp³-hybridized carbons (Fsp3) is 0. The summed E-state index contributed by atoms with van der Waals surface area (Å²) >= 11 is 0. The van der Waals surface area contributed by atoms with E-state index >= 15 is 0 Å². The molecule has 54 heavy (non-hydrogen) atoms. The van der Waals surface area contributed by atoms with E-state index in [2.05, 4.69) is 205 Å². The van der Waals surface area contributed by atoms with Crippen molar-refractivity contribution in [2.24, 2.45) is 0 Å². The van der Waals surface area contributed by atoms with Gasteiger partial charge < -0.3 is 9.32 Å². The minimum absolute atomic E-state index is 0.832. The lowest BCUT2D eigenvalue weighted by atomic mass is 9.93. The van der Waals surface area contributed by atoms with Crippen LogP contribution < -0.4 is 4.90 Å². The summed E-state index contributed by atoms with van der Waals surface area (Å²) in [7, 11) is 0. The third kappa shape index (κ3) is 5.71. The molecule has 2 heteroatoms. The van der Waals surface area contributed by atoms with Gasteiger partial charge in [-0.05, 0) is 116 Å². The minimum atomic E-state index is 0.832. The molecule has 1 heterocycles. The van der Waals surface area contributed by atoms with Crippen LogP contribution in [-0.2, 0) is 0 Å². The van der Waals surface area contributed by atoms with E-state index in [0.717, 1.165) is 50.5 Å². The van der Waals surface area contributed by atoms with Gasteiger partial charge in [0.2, 0.25) is 0 Å². The Morgan fingerprint density at radius 2 is 0.889 bits per heavy atom. The molecule has 0 radical (unpaired) electrons. The summed E-state index contributed by atoms with van der Waals surface area (Å²) < 4.78 is 6.53. The van der Waals surface area contributed by atoms with E-state index in [9.17, 15) is 0 Å². The summed E-state index contributed by atoms with van der Waals surface area (Å²) in [6.45, 7) is 0. The summed E-state index contributed by atoms with van der Waals surface area (Å²) in [5.74, 6) is 0.832. The zero-order chi connectivity index (χ0) is 35.8. The highest BCUT2D eigenvalue weighted by molar-refractivity contribution is 6.13. The Kier molecular flexibility index (Phi) is 7.85. The molecule has 0 aliphatic carbocycles. The van der Waals surface area contributed by atoms with E-state index in [1.807, 2.05) is 12.1 Å². The van der Waals surface area contributed by atoms with E-state index < -0.39 is 0 Å². The van der Waals surface area contributed by atoms with Crippen LogP contribution >= 0.6 is 0 Å². The summed E-state index contributed by atoms with van der Waals surface area (Å²) in [5.41, 5.74) is 12.1. The van der Waals surface area contributed by atoms with Crippen LogP contribution in [0.2, 0.25) is 0 Å². The minimum Gasteiger partial charge on any atom is -0.456 e. The second-order valence-electron chi connectivity index (χ2n) is 13.7. The number of rotatable bonds is 7. The zero-order valence-electron chi connectivity index (χ0n) is 29.6. The van der Waals surface area contributed by atoms with Gasteiger partial charge in [-0.3, -0.25) is 0 Å². The molecule has 0 amide bonds. The van der Waals surface area contributed by atoms with Gasteiger partial charge in [-0.2, -0.15) is 0 Å². The summed E-state index contributed by atoms with van der Waals surface area (Å²) in [5, 5.41) is 6.11. The van der Waals surface area contributed by atoms with Crippen LogP contribution in [0.5, 0.6) is 0 Å². The standard InChI is InChI=1S/C52H35NO/c1-3-15-36(16-4-1)41-31-42(37-17-5-2-6-18-37)33-44(32-41)53(50-25-13-12-24-48(50)52-35-40-20-8-14-26-51(40)54-52)43-29-27-38(28-30-43)49-34-39-19-7-9-21-45(39)46-22-10-11-23-47(46)49/h1-35H. The fourth-order valence-corrected chi connectivity index (χ4v) is 7.84. The predicted molar refractivity (Wildman–Crippen MR) is 228 cm³/mol. The van der Waals surface area contributed by atoms with Crippen LogP contribution in [0.3, 0.4) is 0 Å². The largest absolute Gasteiger partial charge is 0.456 e. The Morgan fingerprint density at radius 3 is 1.59 bits per heavy atom. The maximum atomic E-state index is 6.53. The van der Waals surface area contributed by atoms with Gasteiger partial charge in [0, 0.05) is 22.3 Å². The summed E-state index contributed by atoms with van der Waals surface area (Å²) in [6, 6.07) is 75.9. The van der Waals surface area contributed by atoms with Crippen molar-refractivity contribution in [2.75, 3.05) is 4.90 Å². The van der Waals surface area contributed by atoms with Crippen molar-refractivity contribution in [3.05, 3.63) is 212 Å². The average molecular weight is 690 g/mol. The van der Waals surface area contributed by atoms with Crippen LogP contribution in [0.4, 0.5) is 17.1 Å². The molecule has 0 spiro atoms. The third-order valence-electron chi connectivity index (χ3n) is 10.4. The first-order valence-electron chi connectivity index (χ1n) is 18.4. The van der Waals surface area contributed by atoms with Crippen molar-refractivity contribution in [1.29, 1.82) is 0 Å². The summed E-state index contributed by atoms with van der Waals surface area (Å²) in [6.07, 6.45) is 0. The molecule has 0 saturated heterocycles. The molecule has 0 saturated carbocycles. The smallest absolute Gasteiger partial charge is 0.137 e. The Labute approximate surface area is 314 Å². The molecule has 0 atom stereocenters. The number of anilines is 3. The van der Waals surface area contributed by atoms with Crippen LogP contribution in [-0.4, -0.2) is 0 Å². The third-order valence-corrected chi connectivity index (χ3v) is 10.4. The highest BCUT2D eigenvalue weighted by atomic mass is 16.3. The van der Waals surface area contributed by atoms with Gasteiger partial charge in [0.1, 0.15) is 11.3 Å². The average Bonchev–Trinajstić information content (AvgIpc) is 3.69. The number of para-hydroxylation sites is 2. The molecular formula is C52H35NO.